The minimum Gasteiger partial charge on any atom is -0.307 e. The highest BCUT2D eigenvalue weighted by molar-refractivity contribution is 6.31. The van der Waals surface area contributed by atoms with E-state index in [1.807, 2.05) is 0 Å². The first-order chi connectivity index (χ1) is 11.1. The Morgan fingerprint density at radius 3 is 2.78 bits per heavy atom. The van der Waals surface area contributed by atoms with Gasteiger partial charge in [-0.1, -0.05) is 24.4 Å². The Kier molecular flexibility index (Phi) is 4.29. The monoisotopic (exact) mass is 334 g/mol. The number of rotatable bonds is 4. The van der Waals surface area contributed by atoms with Crippen molar-refractivity contribution in [1.29, 1.82) is 0 Å². The van der Waals surface area contributed by atoms with E-state index in [2.05, 4.69) is 10.4 Å². The maximum absolute atomic E-state index is 12.4. The van der Waals surface area contributed by atoms with Crippen LogP contribution < -0.4 is 5.32 Å². The number of carbonyl (C=O) groups excluding carboxylic acids is 1. The Morgan fingerprint density at radius 2 is 2.09 bits per heavy atom. The van der Waals surface area contributed by atoms with Crippen LogP contribution in [-0.2, 0) is 0 Å². The van der Waals surface area contributed by atoms with E-state index < -0.39 is 10.8 Å². The summed E-state index contributed by atoms with van der Waals surface area (Å²) in [5.41, 5.74) is -0.347. The first kappa shape index (κ1) is 15.5. The standard InChI is InChI=1S/C15H15ClN4O3/c16-10-5-6-12(13(9-10)20(22)23)15(21)18-14-7-8-17-19(14)11-3-1-2-4-11/h5-9,11H,1-4H2,(H,18,21). The second-order valence-electron chi connectivity index (χ2n) is 5.47. The summed E-state index contributed by atoms with van der Waals surface area (Å²) in [5.74, 6) is -0.000684. The van der Waals surface area contributed by atoms with Crippen LogP contribution in [0.5, 0.6) is 0 Å². The molecule has 1 aliphatic rings. The average molecular weight is 335 g/mol. The van der Waals surface area contributed by atoms with E-state index in [0.717, 1.165) is 25.7 Å². The molecule has 0 spiro atoms. The van der Waals surface area contributed by atoms with Crippen molar-refractivity contribution >= 4 is 29.0 Å². The van der Waals surface area contributed by atoms with Crippen molar-refractivity contribution in [2.45, 2.75) is 31.7 Å². The van der Waals surface area contributed by atoms with Crippen LogP contribution in [0.1, 0.15) is 42.1 Å². The maximum Gasteiger partial charge on any atom is 0.283 e. The van der Waals surface area contributed by atoms with Gasteiger partial charge in [0, 0.05) is 17.2 Å². The summed E-state index contributed by atoms with van der Waals surface area (Å²) < 4.78 is 1.78. The molecule has 0 bridgehead atoms. The van der Waals surface area contributed by atoms with Crippen LogP contribution in [0.2, 0.25) is 5.02 Å². The molecule has 0 radical (unpaired) electrons. The van der Waals surface area contributed by atoms with Crippen molar-refractivity contribution in [3.05, 3.63) is 51.2 Å². The minimum absolute atomic E-state index is 0.0291. The molecule has 23 heavy (non-hydrogen) atoms. The van der Waals surface area contributed by atoms with Crippen LogP contribution in [-0.4, -0.2) is 20.6 Å². The highest BCUT2D eigenvalue weighted by Crippen LogP contribution is 2.31. The fourth-order valence-electron chi connectivity index (χ4n) is 2.88. The van der Waals surface area contributed by atoms with Gasteiger partial charge >= 0.3 is 0 Å². The molecule has 1 N–H and O–H groups in total. The molecule has 0 aliphatic heterocycles. The Bertz CT molecular complexity index is 753. The van der Waals surface area contributed by atoms with E-state index in [-0.39, 0.29) is 22.3 Å². The molecule has 0 saturated heterocycles. The smallest absolute Gasteiger partial charge is 0.283 e. The molecule has 1 aromatic heterocycles. The van der Waals surface area contributed by atoms with Crippen molar-refractivity contribution in [1.82, 2.24) is 9.78 Å². The molecule has 0 atom stereocenters. The van der Waals surface area contributed by atoms with Gasteiger partial charge in [-0.15, -0.1) is 0 Å². The van der Waals surface area contributed by atoms with Crippen LogP contribution >= 0.6 is 11.6 Å². The van der Waals surface area contributed by atoms with Crippen molar-refractivity contribution in [3.8, 4) is 0 Å². The number of hydrogen-bond donors (Lipinski definition) is 1. The summed E-state index contributed by atoms with van der Waals surface area (Å²) in [7, 11) is 0. The van der Waals surface area contributed by atoms with E-state index in [0.29, 0.717) is 5.82 Å². The molecule has 1 aromatic carbocycles. The van der Waals surface area contributed by atoms with Gasteiger partial charge in [0.2, 0.25) is 0 Å². The first-order valence-electron chi connectivity index (χ1n) is 7.35. The third kappa shape index (κ3) is 3.19. The summed E-state index contributed by atoms with van der Waals surface area (Å²) in [5, 5.41) is 18.3. The fraction of sp³-hybridized carbons (Fsp3) is 0.333. The number of halogens is 1. The number of nitro benzene ring substituents is 1. The zero-order valence-corrected chi connectivity index (χ0v) is 13.0. The predicted octanol–water partition coefficient (Wildman–Crippen LogP) is 3.81. The first-order valence-corrected chi connectivity index (χ1v) is 7.73. The summed E-state index contributed by atoms with van der Waals surface area (Å²) in [6, 6.07) is 5.94. The normalized spacial score (nSPS) is 14.8. The number of aromatic nitrogens is 2. The maximum atomic E-state index is 12.4. The Hall–Kier alpha value is -2.41. The summed E-state index contributed by atoms with van der Waals surface area (Å²) in [6.45, 7) is 0. The molecule has 8 heteroatoms. The highest BCUT2D eigenvalue weighted by atomic mass is 35.5. The predicted molar refractivity (Wildman–Crippen MR) is 85.8 cm³/mol. The Morgan fingerprint density at radius 1 is 1.35 bits per heavy atom. The summed E-state index contributed by atoms with van der Waals surface area (Å²) in [4.78, 5) is 22.9. The van der Waals surface area contributed by atoms with Crippen molar-refractivity contribution in [2.75, 3.05) is 5.32 Å². The third-order valence-corrected chi connectivity index (χ3v) is 4.22. The van der Waals surface area contributed by atoms with Crippen LogP contribution in [0.3, 0.4) is 0 Å². The number of nitrogens with zero attached hydrogens (tertiary/aromatic N) is 3. The SMILES string of the molecule is O=C(Nc1ccnn1C1CCCC1)c1ccc(Cl)cc1[N+](=O)[O-]. The second kappa shape index (κ2) is 6.37. The minimum atomic E-state index is -0.616. The molecule has 0 unspecified atom stereocenters. The molecular formula is C15H15ClN4O3. The second-order valence-corrected chi connectivity index (χ2v) is 5.91. The van der Waals surface area contributed by atoms with E-state index in [9.17, 15) is 14.9 Å². The zero-order valence-electron chi connectivity index (χ0n) is 12.2. The van der Waals surface area contributed by atoms with E-state index in [1.54, 1.807) is 16.9 Å². The molecule has 120 valence electrons. The molecule has 7 nitrogen and oxygen atoms in total. The van der Waals surface area contributed by atoms with Crippen LogP contribution in [0, 0.1) is 10.1 Å². The van der Waals surface area contributed by atoms with Crippen molar-refractivity contribution < 1.29 is 9.72 Å². The van der Waals surface area contributed by atoms with E-state index in [1.165, 1.54) is 18.2 Å². The number of carbonyl (C=O) groups is 1. The van der Waals surface area contributed by atoms with Gasteiger partial charge in [-0.2, -0.15) is 5.10 Å². The molecule has 3 rings (SSSR count). The Labute approximate surface area is 137 Å². The number of anilines is 1. The van der Waals surface area contributed by atoms with Gasteiger partial charge in [-0.05, 0) is 25.0 Å². The zero-order chi connectivity index (χ0) is 16.4. The lowest BCUT2D eigenvalue weighted by Crippen LogP contribution is -2.18. The number of benzene rings is 1. The molecule has 2 aromatic rings. The lowest BCUT2D eigenvalue weighted by molar-refractivity contribution is -0.385. The average Bonchev–Trinajstić information content (AvgIpc) is 3.17. The van der Waals surface area contributed by atoms with E-state index in [4.69, 9.17) is 11.6 Å². The highest BCUT2D eigenvalue weighted by Gasteiger charge is 2.24. The van der Waals surface area contributed by atoms with Crippen molar-refractivity contribution in [2.24, 2.45) is 0 Å². The Balaban J connectivity index is 1.86. The van der Waals surface area contributed by atoms with Gasteiger partial charge in [-0.3, -0.25) is 14.9 Å². The van der Waals surface area contributed by atoms with Crippen molar-refractivity contribution in [3.63, 3.8) is 0 Å². The lowest BCUT2D eigenvalue weighted by Gasteiger charge is -2.14. The number of hydrogen-bond acceptors (Lipinski definition) is 4. The summed E-state index contributed by atoms with van der Waals surface area (Å²) in [6.07, 6.45) is 5.93. The number of amides is 1. The van der Waals surface area contributed by atoms with Gasteiger partial charge in [0.1, 0.15) is 11.4 Å². The fourth-order valence-corrected chi connectivity index (χ4v) is 3.05. The van der Waals surface area contributed by atoms with Crippen LogP contribution in [0.4, 0.5) is 11.5 Å². The number of nitro groups is 1. The molecule has 1 fully saturated rings. The summed E-state index contributed by atoms with van der Waals surface area (Å²) >= 11 is 5.77. The molecule has 1 heterocycles. The third-order valence-electron chi connectivity index (χ3n) is 3.98. The largest absolute Gasteiger partial charge is 0.307 e. The molecular weight excluding hydrogens is 320 g/mol. The quantitative estimate of drug-likeness (QED) is 0.680. The van der Waals surface area contributed by atoms with Gasteiger partial charge in [0.05, 0.1) is 17.2 Å². The van der Waals surface area contributed by atoms with Crippen LogP contribution in [0.25, 0.3) is 0 Å². The molecule has 1 aliphatic carbocycles. The van der Waals surface area contributed by atoms with Crippen LogP contribution in [0.15, 0.2) is 30.5 Å². The topological polar surface area (TPSA) is 90.1 Å². The van der Waals surface area contributed by atoms with Gasteiger partial charge in [-0.25, -0.2) is 4.68 Å². The molecule has 1 saturated carbocycles. The van der Waals surface area contributed by atoms with Gasteiger partial charge < -0.3 is 5.32 Å². The van der Waals surface area contributed by atoms with E-state index >= 15 is 0 Å². The van der Waals surface area contributed by atoms with Gasteiger partial charge in [0.15, 0.2) is 0 Å². The number of nitrogens with one attached hydrogen (secondary N) is 1. The molecule has 1 amide bonds. The van der Waals surface area contributed by atoms with Gasteiger partial charge in [0.25, 0.3) is 11.6 Å². The lowest BCUT2D eigenvalue weighted by atomic mass is 10.1.